The Morgan fingerprint density at radius 3 is 2.74 bits per heavy atom. The average molecular weight is 479 g/mol. The molecule has 2 N–H and O–H groups in total. The van der Waals surface area contributed by atoms with E-state index in [1.165, 1.54) is 6.07 Å². The van der Waals surface area contributed by atoms with Crippen molar-refractivity contribution >= 4 is 34.0 Å². The van der Waals surface area contributed by atoms with Crippen molar-refractivity contribution in [2.75, 3.05) is 36.6 Å². The first kappa shape index (κ1) is 22.5. The van der Waals surface area contributed by atoms with E-state index in [2.05, 4.69) is 20.2 Å². The van der Waals surface area contributed by atoms with Gasteiger partial charge in [-0.25, -0.2) is 9.37 Å². The van der Waals surface area contributed by atoms with Crippen molar-refractivity contribution in [2.45, 2.75) is 12.6 Å². The molecule has 0 aliphatic carbocycles. The van der Waals surface area contributed by atoms with Crippen LogP contribution in [0.15, 0.2) is 67.0 Å². The zero-order valence-electron chi connectivity index (χ0n) is 18.4. The SMILES string of the molecule is OC[C@@H]1COCCN1c1ccc(-c2ccc3ncc(Cl)c(NCc4ccccc4F)c3c2)cn1. The van der Waals surface area contributed by atoms with Crippen LogP contribution in [-0.4, -0.2) is 47.5 Å². The smallest absolute Gasteiger partial charge is 0.128 e. The van der Waals surface area contributed by atoms with Crippen molar-refractivity contribution in [3.05, 3.63) is 83.4 Å². The molecule has 0 bridgehead atoms. The first-order valence-corrected chi connectivity index (χ1v) is 11.5. The highest BCUT2D eigenvalue weighted by atomic mass is 35.5. The maximum atomic E-state index is 14.1. The standard InChI is InChI=1S/C26H24ClFN4O2/c27-22-14-29-24-7-5-17(11-21(24)26(22)31-13-19-3-1-2-4-23(19)28)18-6-8-25(30-12-18)32-9-10-34-16-20(32)15-33/h1-8,11-12,14,20,33H,9-10,13,15-16H2,(H,29,31)/t20-/m1/s1. The molecule has 1 aliphatic rings. The Kier molecular flexibility index (Phi) is 6.58. The molecule has 0 saturated carbocycles. The maximum Gasteiger partial charge on any atom is 0.128 e. The van der Waals surface area contributed by atoms with Crippen LogP contribution < -0.4 is 10.2 Å². The van der Waals surface area contributed by atoms with Crippen LogP contribution in [0.1, 0.15) is 5.56 Å². The predicted octanol–water partition coefficient (Wildman–Crippen LogP) is 4.90. The Morgan fingerprint density at radius 1 is 1.09 bits per heavy atom. The molecule has 174 valence electrons. The summed E-state index contributed by atoms with van der Waals surface area (Å²) in [4.78, 5) is 11.2. The van der Waals surface area contributed by atoms with Crippen LogP contribution in [0.4, 0.5) is 15.9 Å². The van der Waals surface area contributed by atoms with E-state index in [0.717, 1.165) is 27.8 Å². The van der Waals surface area contributed by atoms with Gasteiger partial charge in [0.25, 0.3) is 0 Å². The van der Waals surface area contributed by atoms with Crippen molar-refractivity contribution in [1.82, 2.24) is 9.97 Å². The van der Waals surface area contributed by atoms with Gasteiger partial charge in [0.1, 0.15) is 11.6 Å². The van der Waals surface area contributed by atoms with E-state index in [9.17, 15) is 9.50 Å². The molecule has 1 atom stereocenters. The summed E-state index contributed by atoms with van der Waals surface area (Å²) >= 11 is 6.47. The van der Waals surface area contributed by atoms with E-state index >= 15 is 0 Å². The number of ether oxygens (including phenoxy) is 1. The summed E-state index contributed by atoms with van der Waals surface area (Å²) in [5.74, 6) is 0.545. The third kappa shape index (κ3) is 4.55. The average Bonchev–Trinajstić information content (AvgIpc) is 2.89. The van der Waals surface area contributed by atoms with Crippen LogP contribution in [0.2, 0.25) is 5.02 Å². The molecule has 3 heterocycles. The quantitative estimate of drug-likeness (QED) is 0.411. The fourth-order valence-electron chi connectivity index (χ4n) is 4.19. The number of fused-ring (bicyclic) bond motifs is 1. The summed E-state index contributed by atoms with van der Waals surface area (Å²) in [5.41, 5.74) is 3.96. The number of pyridine rings is 2. The van der Waals surface area contributed by atoms with E-state index in [-0.39, 0.29) is 18.5 Å². The van der Waals surface area contributed by atoms with Gasteiger partial charge in [-0.1, -0.05) is 35.9 Å². The number of aliphatic hydroxyl groups is 1. The summed E-state index contributed by atoms with van der Waals surface area (Å²) in [7, 11) is 0. The Morgan fingerprint density at radius 2 is 1.94 bits per heavy atom. The summed E-state index contributed by atoms with van der Waals surface area (Å²) in [6, 6.07) is 16.5. The number of nitrogens with one attached hydrogen (secondary N) is 1. The number of aliphatic hydroxyl groups excluding tert-OH is 1. The molecule has 1 saturated heterocycles. The molecule has 2 aromatic carbocycles. The fraction of sp³-hybridized carbons (Fsp3) is 0.231. The number of aromatic nitrogens is 2. The normalized spacial score (nSPS) is 16.1. The topological polar surface area (TPSA) is 70.5 Å². The van der Waals surface area contributed by atoms with Gasteiger partial charge in [0, 0.05) is 42.0 Å². The van der Waals surface area contributed by atoms with E-state index in [0.29, 0.717) is 42.6 Å². The van der Waals surface area contributed by atoms with Crippen molar-refractivity contribution in [1.29, 1.82) is 0 Å². The van der Waals surface area contributed by atoms with E-state index in [4.69, 9.17) is 16.3 Å². The molecule has 1 fully saturated rings. The van der Waals surface area contributed by atoms with Gasteiger partial charge >= 0.3 is 0 Å². The largest absolute Gasteiger partial charge is 0.394 e. The summed E-state index contributed by atoms with van der Waals surface area (Å²) in [6.07, 6.45) is 3.42. The lowest BCUT2D eigenvalue weighted by Gasteiger charge is -2.35. The Bertz CT molecular complexity index is 1300. The summed E-state index contributed by atoms with van der Waals surface area (Å²) < 4.78 is 19.6. The molecule has 0 radical (unpaired) electrons. The lowest BCUT2D eigenvalue weighted by atomic mass is 10.0. The lowest BCUT2D eigenvalue weighted by molar-refractivity contribution is 0.0723. The maximum absolute atomic E-state index is 14.1. The summed E-state index contributed by atoms with van der Waals surface area (Å²) in [5, 5.41) is 14.2. The van der Waals surface area contributed by atoms with Crippen LogP contribution in [0, 0.1) is 5.82 Å². The monoisotopic (exact) mass is 478 g/mol. The lowest BCUT2D eigenvalue weighted by Crippen LogP contribution is -2.48. The molecule has 0 amide bonds. The van der Waals surface area contributed by atoms with Crippen molar-refractivity contribution in [3.63, 3.8) is 0 Å². The van der Waals surface area contributed by atoms with Crippen LogP contribution in [0.3, 0.4) is 0 Å². The van der Waals surface area contributed by atoms with Gasteiger partial charge in [0.15, 0.2) is 0 Å². The molecule has 1 aliphatic heterocycles. The molecule has 6 nitrogen and oxygen atoms in total. The molecule has 34 heavy (non-hydrogen) atoms. The van der Waals surface area contributed by atoms with Crippen LogP contribution in [-0.2, 0) is 11.3 Å². The number of morpholine rings is 1. The van der Waals surface area contributed by atoms with Gasteiger partial charge in [0.05, 0.1) is 42.1 Å². The molecule has 4 aromatic rings. The number of rotatable bonds is 6. The second kappa shape index (κ2) is 9.93. The summed E-state index contributed by atoms with van der Waals surface area (Å²) in [6.45, 7) is 2.11. The van der Waals surface area contributed by atoms with Gasteiger partial charge in [-0.2, -0.15) is 0 Å². The van der Waals surface area contributed by atoms with E-state index in [1.807, 2.05) is 36.5 Å². The van der Waals surface area contributed by atoms with Crippen molar-refractivity contribution in [3.8, 4) is 11.1 Å². The predicted molar refractivity (Wildman–Crippen MR) is 133 cm³/mol. The number of anilines is 2. The third-order valence-corrected chi connectivity index (χ3v) is 6.34. The second-order valence-corrected chi connectivity index (χ2v) is 8.58. The van der Waals surface area contributed by atoms with Crippen molar-refractivity contribution < 1.29 is 14.2 Å². The highest BCUT2D eigenvalue weighted by Crippen LogP contribution is 2.33. The molecular formula is C26H24ClFN4O2. The molecule has 8 heteroatoms. The van der Waals surface area contributed by atoms with E-state index in [1.54, 1.807) is 24.4 Å². The number of benzene rings is 2. The van der Waals surface area contributed by atoms with Crippen molar-refractivity contribution in [2.24, 2.45) is 0 Å². The van der Waals surface area contributed by atoms with Crippen LogP contribution in [0.5, 0.6) is 0 Å². The minimum absolute atomic E-state index is 0.0184. The highest BCUT2D eigenvalue weighted by Gasteiger charge is 2.23. The number of hydrogen-bond donors (Lipinski definition) is 2. The molecular weight excluding hydrogens is 455 g/mol. The molecule has 2 aromatic heterocycles. The van der Waals surface area contributed by atoms with Gasteiger partial charge in [-0.05, 0) is 35.9 Å². The number of hydrogen-bond acceptors (Lipinski definition) is 6. The fourth-order valence-corrected chi connectivity index (χ4v) is 4.40. The molecule has 0 unspecified atom stereocenters. The van der Waals surface area contributed by atoms with Gasteiger partial charge in [0.2, 0.25) is 0 Å². The van der Waals surface area contributed by atoms with Gasteiger partial charge < -0.3 is 20.1 Å². The molecule has 0 spiro atoms. The van der Waals surface area contributed by atoms with Crippen LogP contribution in [0.25, 0.3) is 22.0 Å². The third-order valence-electron chi connectivity index (χ3n) is 6.05. The van der Waals surface area contributed by atoms with Gasteiger partial charge in [-0.15, -0.1) is 0 Å². The Labute approximate surface area is 202 Å². The van der Waals surface area contributed by atoms with Gasteiger partial charge in [-0.3, -0.25) is 4.98 Å². The first-order chi connectivity index (χ1) is 16.6. The highest BCUT2D eigenvalue weighted by molar-refractivity contribution is 6.34. The number of nitrogens with zero attached hydrogens (tertiary/aromatic N) is 3. The van der Waals surface area contributed by atoms with E-state index < -0.39 is 0 Å². The Hall–Kier alpha value is -3.26. The number of halogens is 2. The zero-order chi connectivity index (χ0) is 23.5. The second-order valence-electron chi connectivity index (χ2n) is 8.17. The minimum atomic E-state index is -0.264. The zero-order valence-corrected chi connectivity index (χ0v) is 19.2. The molecule has 5 rings (SSSR count). The first-order valence-electron chi connectivity index (χ1n) is 11.1. The Balaban J connectivity index is 1.44. The van der Waals surface area contributed by atoms with Crippen LogP contribution >= 0.6 is 11.6 Å². The minimum Gasteiger partial charge on any atom is -0.394 e.